The molecule has 1 saturated heterocycles. The normalized spacial score (nSPS) is 17.2. The van der Waals surface area contributed by atoms with Gasteiger partial charge in [0.15, 0.2) is 0 Å². The van der Waals surface area contributed by atoms with Crippen molar-refractivity contribution in [2.75, 3.05) is 5.75 Å². The molecule has 0 unspecified atom stereocenters. The van der Waals surface area contributed by atoms with E-state index in [0.717, 1.165) is 11.3 Å². The van der Waals surface area contributed by atoms with Gasteiger partial charge in [-0.25, -0.2) is 0 Å². The Labute approximate surface area is 170 Å². The summed E-state index contributed by atoms with van der Waals surface area (Å²) >= 11 is 1.60. The Balaban J connectivity index is 1.71. The molecule has 1 aromatic heterocycles. The molecule has 2 heterocycles. The number of carbonyl (C=O) groups excluding carboxylic acids is 2. The molecule has 6 heteroatoms. The number of rotatable bonds is 7. The molecule has 0 aliphatic carbocycles. The lowest BCUT2D eigenvalue weighted by molar-refractivity contribution is -0.128. The topological polar surface area (TPSA) is 62.6 Å². The zero-order valence-corrected chi connectivity index (χ0v) is 17.7. The lowest BCUT2D eigenvalue weighted by Crippen LogP contribution is -2.42. The minimum absolute atomic E-state index is 0.0541. The zero-order chi connectivity index (χ0) is 20.3. The summed E-state index contributed by atoms with van der Waals surface area (Å²) in [6.07, 6.45) is 1.62. The van der Waals surface area contributed by atoms with Gasteiger partial charge in [-0.05, 0) is 41.7 Å². The van der Waals surface area contributed by atoms with Crippen LogP contribution < -0.4 is 5.32 Å². The maximum absolute atomic E-state index is 12.6. The molecule has 0 saturated carbocycles. The Kier molecular flexibility index (Phi) is 6.50. The zero-order valence-electron chi connectivity index (χ0n) is 16.8. The highest BCUT2D eigenvalue weighted by Gasteiger charge is 2.33. The highest BCUT2D eigenvalue weighted by molar-refractivity contribution is 8.00. The van der Waals surface area contributed by atoms with Gasteiger partial charge in [0, 0.05) is 11.6 Å². The maximum Gasteiger partial charge on any atom is 0.251 e. The summed E-state index contributed by atoms with van der Waals surface area (Å²) in [5.41, 5.74) is 1.66. The van der Waals surface area contributed by atoms with E-state index in [1.807, 2.05) is 41.3 Å². The third-order valence-electron chi connectivity index (χ3n) is 5.07. The number of hydrogen-bond acceptors (Lipinski definition) is 4. The first kappa shape index (κ1) is 20.5. The van der Waals surface area contributed by atoms with Crippen LogP contribution in [0.4, 0.5) is 0 Å². The summed E-state index contributed by atoms with van der Waals surface area (Å²) in [6.45, 7) is 8.94. The monoisotopic (exact) mass is 400 g/mol. The minimum atomic E-state index is -0.0613. The lowest BCUT2D eigenvalue weighted by atomic mass is 9.93. The van der Waals surface area contributed by atoms with Crippen molar-refractivity contribution in [3.63, 3.8) is 0 Å². The van der Waals surface area contributed by atoms with E-state index in [-0.39, 0.29) is 23.2 Å². The highest BCUT2D eigenvalue weighted by Crippen LogP contribution is 2.39. The van der Waals surface area contributed by atoms with Gasteiger partial charge in [-0.3, -0.25) is 9.59 Å². The predicted molar refractivity (Wildman–Crippen MR) is 112 cm³/mol. The first-order valence-corrected chi connectivity index (χ1v) is 10.8. The van der Waals surface area contributed by atoms with Crippen LogP contribution in [-0.4, -0.2) is 28.5 Å². The summed E-state index contributed by atoms with van der Waals surface area (Å²) in [6, 6.07) is 11.4. The average molecular weight is 401 g/mol. The second-order valence-corrected chi connectivity index (χ2v) is 8.94. The molecule has 1 aromatic carbocycles. The molecule has 150 valence electrons. The van der Waals surface area contributed by atoms with E-state index in [1.54, 1.807) is 18.0 Å². The number of thioether (sulfide) groups is 1. The fourth-order valence-corrected chi connectivity index (χ4v) is 4.80. The fourth-order valence-electron chi connectivity index (χ4n) is 3.61. The molecular weight excluding hydrogens is 372 g/mol. The van der Waals surface area contributed by atoms with Crippen molar-refractivity contribution in [3.8, 4) is 0 Å². The van der Waals surface area contributed by atoms with Crippen LogP contribution in [-0.2, 0) is 11.3 Å². The Hall–Kier alpha value is -2.21. The van der Waals surface area contributed by atoms with Crippen molar-refractivity contribution in [1.82, 2.24) is 10.2 Å². The van der Waals surface area contributed by atoms with Crippen LogP contribution in [0.2, 0.25) is 0 Å². The summed E-state index contributed by atoms with van der Waals surface area (Å²) in [4.78, 5) is 26.8. The molecule has 3 rings (SSSR count). The molecule has 2 amide bonds. The summed E-state index contributed by atoms with van der Waals surface area (Å²) < 4.78 is 5.40. The van der Waals surface area contributed by atoms with Crippen LogP contribution in [0.25, 0.3) is 0 Å². The molecule has 1 aliphatic rings. The van der Waals surface area contributed by atoms with Crippen LogP contribution in [0.3, 0.4) is 0 Å². The van der Waals surface area contributed by atoms with E-state index >= 15 is 0 Å². The van der Waals surface area contributed by atoms with E-state index < -0.39 is 0 Å². The highest BCUT2D eigenvalue weighted by atomic mass is 32.2. The third-order valence-corrected chi connectivity index (χ3v) is 6.32. The van der Waals surface area contributed by atoms with Crippen LogP contribution in [0.1, 0.15) is 54.8 Å². The molecule has 5 nitrogen and oxygen atoms in total. The van der Waals surface area contributed by atoms with Crippen molar-refractivity contribution < 1.29 is 14.0 Å². The number of carbonyl (C=O) groups is 2. The van der Waals surface area contributed by atoms with Gasteiger partial charge < -0.3 is 14.6 Å². The van der Waals surface area contributed by atoms with Crippen molar-refractivity contribution in [3.05, 3.63) is 59.5 Å². The molecular formula is C22H28N2O3S. The molecule has 0 radical (unpaired) electrons. The Morgan fingerprint density at radius 1 is 1.18 bits per heavy atom. The van der Waals surface area contributed by atoms with Gasteiger partial charge in [0.1, 0.15) is 11.1 Å². The standard InChI is InChI=1S/C22H28N2O3S/c1-14(2)20(15(3)4)23-21(26)16-7-9-17(10-8-16)22-24(19(25)13-28-22)12-18-6-5-11-27-18/h5-11,14-15,20,22H,12-13H2,1-4H3,(H,23,26)/t22-/m1/s1. The van der Waals surface area contributed by atoms with E-state index in [1.165, 1.54) is 0 Å². The summed E-state index contributed by atoms with van der Waals surface area (Å²) in [7, 11) is 0. The molecule has 1 aliphatic heterocycles. The number of nitrogens with one attached hydrogen (secondary N) is 1. The van der Waals surface area contributed by atoms with E-state index in [0.29, 0.717) is 29.7 Å². The maximum atomic E-state index is 12.6. The van der Waals surface area contributed by atoms with E-state index in [2.05, 4.69) is 33.0 Å². The molecule has 2 aromatic rings. The van der Waals surface area contributed by atoms with Gasteiger partial charge in [0.05, 0.1) is 18.6 Å². The van der Waals surface area contributed by atoms with Crippen LogP contribution in [0.15, 0.2) is 47.1 Å². The van der Waals surface area contributed by atoms with Crippen LogP contribution >= 0.6 is 11.8 Å². The minimum Gasteiger partial charge on any atom is -0.467 e. The molecule has 28 heavy (non-hydrogen) atoms. The number of hydrogen-bond donors (Lipinski definition) is 1. The molecule has 1 fully saturated rings. The van der Waals surface area contributed by atoms with E-state index in [4.69, 9.17) is 4.42 Å². The fraction of sp³-hybridized carbons (Fsp3) is 0.455. The van der Waals surface area contributed by atoms with Gasteiger partial charge in [-0.1, -0.05) is 39.8 Å². The van der Waals surface area contributed by atoms with Crippen LogP contribution in [0.5, 0.6) is 0 Å². The van der Waals surface area contributed by atoms with E-state index in [9.17, 15) is 9.59 Å². The number of furan rings is 1. The Morgan fingerprint density at radius 3 is 2.43 bits per heavy atom. The van der Waals surface area contributed by atoms with Gasteiger partial charge in [-0.2, -0.15) is 0 Å². The molecule has 0 spiro atoms. The number of amides is 2. The van der Waals surface area contributed by atoms with Crippen LogP contribution in [0, 0.1) is 11.8 Å². The Bertz CT molecular complexity index is 792. The number of nitrogens with zero attached hydrogens (tertiary/aromatic N) is 1. The predicted octanol–water partition coefficient (Wildman–Crippen LogP) is 4.46. The van der Waals surface area contributed by atoms with Crippen molar-refractivity contribution >= 4 is 23.6 Å². The van der Waals surface area contributed by atoms with Crippen molar-refractivity contribution in [2.45, 2.75) is 45.7 Å². The second-order valence-electron chi connectivity index (χ2n) is 7.87. The third kappa shape index (κ3) is 4.61. The second kappa shape index (κ2) is 8.86. The first-order chi connectivity index (χ1) is 13.4. The average Bonchev–Trinajstić information content (AvgIpc) is 3.30. The van der Waals surface area contributed by atoms with Gasteiger partial charge >= 0.3 is 0 Å². The largest absolute Gasteiger partial charge is 0.467 e. The number of benzene rings is 1. The summed E-state index contributed by atoms with van der Waals surface area (Å²) in [5.74, 6) is 2.02. The van der Waals surface area contributed by atoms with Gasteiger partial charge in [0.2, 0.25) is 5.91 Å². The first-order valence-electron chi connectivity index (χ1n) is 9.71. The smallest absolute Gasteiger partial charge is 0.251 e. The SMILES string of the molecule is CC(C)C(NC(=O)c1ccc([C@H]2SCC(=O)N2Cc2ccco2)cc1)C(C)C. The quantitative estimate of drug-likeness (QED) is 0.745. The van der Waals surface area contributed by atoms with Gasteiger partial charge in [0.25, 0.3) is 5.91 Å². The molecule has 1 atom stereocenters. The molecule has 1 N–H and O–H groups in total. The van der Waals surface area contributed by atoms with Crippen molar-refractivity contribution in [2.24, 2.45) is 11.8 Å². The van der Waals surface area contributed by atoms with Gasteiger partial charge in [-0.15, -0.1) is 11.8 Å². The van der Waals surface area contributed by atoms with Crippen molar-refractivity contribution in [1.29, 1.82) is 0 Å². The Morgan fingerprint density at radius 2 is 1.86 bits per heavy atom. The lowest BCUT2D eigenvalue weighted by Gasteiger charge is -2.26. The molecule has 0 bridgehead atoms. The summed E-state index contributed by atoms with van der Waals surface area (Å²) in [5, 5.41) is 3.08.